The van der Waals surface area contributed by atoms with Gasteiger partial charge in [0.2, 0.25) is 0 Å². The Hall–Kier alpha value is -1.15. The number of carbonyl (C=O) groups is 1. The largest absolute Gasteiger partial charge is 0.303 e. The van der Waals surface area contributed by atoms with Gasteiger partial charge in [-0.15, -0.1) is 0 Å². The molecule has 0 amide bonds. The van der Waals surface area contributed by atoms with Crippen LogP contribution in [0.25, 0.3) is 0 Å². The van der Waals surface area contributed by atoms with Crippen LogP contribution in [0.5, 0.6) is 0 Å². The second kappa shape index (κ2) is 5.46. The minimum Gasteiger partial charge on any atom is -0.303 e. The lowest BCUT2D eigenvalue weighted by Gasteiger charge is -2.26. The lowest BCUT2D eigenvalue weighted by molar-refractivity contribution is -0.121. The molecule has 2 heteroatoms. The van der Waals surface area contributed by atoms with Crippen LogP contribution >= 0.6 is 0 Å². The molecular formula is C15H21NO. The van der Waals surface area contributed by atoms with Crippen LogP contribution in [-0.2, 0) is 11.2 Å². The summed E-state index contributed by atoms with van der Waals surface area (Å²) in [5, 5.41) is 3.35. The van der Waals surface area contributed by atoms with Crippen molar-refractivity contribution in [1.29, 1.82) is 0 Å². The Labute approximate surface area is 103 Å². The number of fused-ring (bicyclic) bond motifs is 1. The third-order valence-electron chi connectivity index (χ3n) is 3.40. The molecule has 1 unspecified atom stereocenters. The van der Waals surface area contributed by atoms with Crippen LogP contribution < -0.4 is 5.32 Å². The SMILES string of the molecule is CC(C)CCC(=O)C1NCCc2ccccc21. The maximum atomic E-state index is 12.2. The molecule has 0 aliphatic carbocycles. The van der Waals surface area contributed by atoms with Crippen LogP contribution in [0.4, 0.5) is 0 Å². The maximum Gasteiger partial charge on any atom is 0.154 e. The first kappa shape index (κ1) is 12.3. The van der Waals surface area contributed by atoms with E-state index < -0.39 is 0 Å². The van der Waals surface area contributed by atoms with Gasteiger partial charge < -0.3 is 5.32 Å². The van der Waals surface area contributed by atoms with Gasteiger partial charge in [-0.2, -0.15) is 0 Å². The summed E-state index contributed by atoms with van der Waals surface area (Å²) in [4.78, 5) is 12.2. The van der Waals surface area contributed by atoms with Crippen molar-refractivity contribution >= 4 is 5.78 Å². The summed E-state index contributed by atoms with van der Waals surface area (Å²) >= 11 is 0. The highest BCUT2D eigenvalue weighted by atomic mass is 16.1. The molecule has 0 bridgehead atoms. The first-order chi connectivity index (χ1) is 8.18. The number of Topliss-reactive ketones (excluding diaryl/α,β-unsaturated/α-hetero) is 1. The first-order valence-corrected chi connectivity index (χ1v) is 6.52. The molecule has 1 aromatic rings. The maximum absolute atomic E-state index is 12.2. The van der Waals surface area contributed by atoms with Gasteiger partial charge >= 0.3 is 0 Å². The number of ketones is 1. The highest BCUT2D eigenvalue weighted by molar-refractivity contribution is 5.86. The van der Waals surface area contributed by atoms with E-state index in [0.717, 1.165) is 19.4 Å². The van der Waals surface area contributed by atoms with Gasteiger partial charge in [0.1, 0.15) is 0 Å². The molecule has 2 nitrogen and oxygen atoms in total. The van der Waals surface area contributed by atoms with Gasteiger partial charge in [-0.25, -0.2) is 0 Å². The summed E-state index contributed by atoms with van der Waals surface area (Å²) in [5.41, 5.74) is 2.52. The Bertz CT molecular complexity index is 398. The standard InChI is InChI=1S/C15H21NO/c1-11(2)7-8-14(17)15-13-6-4-3-5-12(13)9-10-16-15/h3-6,11,15-16H,7-10H2,1-2H3. The molecule has 0 fully saturated rings. The fourth-order valence-corrected chi connectivity index (χ4v) is 2.37. The quantitative estimate of drug-likeness (QED) is 0.863. The van der Waals surface area contributed by atoms with E-state index in [2.05, 4.69) is 37.4 Å². The fourth-order valence-electron chi connectivity index (χ4n) is 2.37. The van der Waals surface area contributed by atoms with Gasteiger partial charge in [0.25, 0.3) is 0 Å². The van der Waals surface area contributed by atoms with Gasteiger partial charge in [-0.3, -0.25) is 4.79 Å². The zero-order valence-corrected chi connectivity index (χ0v) is 10.7. The number of rotatable bonds is 4. The van der Waals surface area contributed by atoms with E-state index in [-0.39, 0.29) is 6.04 Å². The second-order valence-corrected chi connectivity index (χ2v) is 5.23. The van der Waals surface area contributed by atoms with E-state index >= 15 is 0 Å². The van der Waals surface area contributed by atoms with Gasteiger partial charge in [0, 0.05) is 13.0 Å². The molecule has 0 spiro atoms. The predicted octanol–water partition coefficient (Wildman–Crippen LogP) is 2.88. The highest BCUT2D eigenvalue weighted by Gasteiger charge is 2.24. The Morgan fingerprint density at radius 2 is 2.18 bits per heavy atom. The normalized spacial score (nSPS) is 19.1. The number of benzene rings is 1. The predicted molar refractivity (Wildman–Crippen MR) is 70.0 cm³/mol. The van der Waals surface area contributed by atoms with Crippen molar-refractivity contribution < 1.29 is 4.79 Å². The summed E-state index contributed by atoms with van der Waals surface area (Å²) in [6.45, 7) is 5.24. The molecule has 0 radical (unpaired) electrons. The van der Waals surface area contributed by atoms with E-state index in [1.807, 2.05) is 6.07 Å². The van der Waals surface area contributed by atoms with Gasteiger partial charge in [-0.05, 0) is 29.9 Å². The summed E-state index contributed by atoms with van der Waals surface area (Å²) in [5.74, 6) is 0.934. The van der Waals surface area contributed by atoms with Crippen molar-refractivity contribution in [3.05, 3.63) is 35.4 Å². The molecule has 0 aromatic heterocycles. The third kappa shape index (κ3) is 2.95. The minimum absolute atomic E-state index is 0.0706. The number of hydrogen-bond acceptors (Lipinski definition) is 2. The van der Waals surface area contributed by atoms with Gasteiger partial charge in [0.05, 0.1) is 6.04 Å². The Kier molecular flexibility index (Phi) is 3.95. The molecule has 17 heavy (non-hydrogen) atoms. The molecule has 0 saturated carbocycles. The van der Waals surface area contributed by atoms with Crippen molar-refractivity contribution in [1.82, 2.24) is 5.32 Å². The van der Waals surface area contributed by atoms with Crippen LogP contribution in [0.15, 0.2) is 24.3 Å². The molecule has 0 saturated heterocycles. The van der Waals surface area contributed by atoms with Crippen LogP contribution in [-0.4, -0.2) is 12.3 Å². The number of nitrogens with one attached hydrogen (secondary N) is 1. The minimum atomic E-state index is -0.0706. The van der Waals surface area contributed by atoms with Gasteiger partial charge in [0.15, 0.2) is 5.78 Å². The Balaban J connectivity index is 2.10. The fraction of sp³-hybridized carbons (Fsp3) is 0.533. The monoisotopic (exact) mass is 231 g/mol. The van der Waals surface area contributed by atoms with Crippen molar-refractivity contribution in [3.8, 4) is 0 Å². The zero-order valence-electron chi connectivity index (χ0n) is 10.7. The molecule has 92 valence electrons. The molecule has 1 aromatic carbocycles. The van der Waals surface area contributed by atoms with Crippen LogP contribution in [0.2, 0.25) is 0 Å². The molecule has 1 N–H and O–H groups in total. The first-order valence-electron chi connectivity index (χ1n) is 6.52. The molecule has 1 aliphatic heterocycles. The highest BCUT2D eigenvalue weighted by Crippen LogP contribution is 2.25. The lowest BCUT2D eigenvalue weighted by atomic mass is 9.90. The van der Waals surface area contributed by atoms with E-state index in [1.165, 1.54) is 11.1 Å². The summed E-state index contributed by atoms with van der Waals surface area (Å²) in [7, 11) is 0. The smallest absolute Gasteiger partial charge is 0.154 e. The average Bonchev–Trinajstić information content (AvgIpc) is 2.35. The third-order valence-corrected chi connectivity index (χ3v) is 3.40. The molecule has 2 rings (SSSR count). The zero-order chi connectivity index (χ0) is 12.3. The summed E-state index contributed by atoms with van der Waals surface area (Å²) in [6.07, 6.45) is 2.70. The van der Waals surface area contributed by atoms with E-state index in [9.17, 15) is 4.79 Å². The molecule has 1 atom stereocenters. The topological polar surface area (TPSA) is 29.1 Å². The molecule has 1 aliphatic rings. The van der Waals surface area contributed by atoms with Crippen molar-refractivity contribution in [2.45, 2.75) is 39.2 Å². The average molecular weight is 231 g/mol. The van der Waals surface area contributed by atoms with Gasteiger partial charge in [-0.1, -0.05) is 38.1 Å². The lowest BCUT2D eigenvalue weighted by Crippen LogP contribution is -2.35. The second-order valence-electron chi connectivity index (χ2n) is 5.23. The van der Waals surface area contributed by atoms with Crippen molar-refractivity contribution in [2.75, 3.05) is 6.54 Å². The van der Waals surface area contributed by atoms with Crippen LogP contribution in [0.3, 0.4) is 0 Å². The van der Waals surface area contributed by atoms with E-state index in [1.54, 1.807) is 0 Å². The van der Waals surface area contributed by atoms with Crippen molar-refractivity contribution in [3.63, 3.8) is 0 Å². The Morgan fingerprint density at radius 1 is 1.41 bits per heavy atom. The summed E-state index contributed by atoms with van der Waals surface area (Å²) < 4.78 is 0. The molecular weight excluding hydrogens is 210 g/mol. The summed E-state index contributed by atoms with van der Waals surface area (Å²) in [6, 6.07) is 8.23. The van der Waals surface area contributed by atoms with E-state index in [4.69, 9.17) is 0 Å². The molecule has 1 heterocycles. The number of hydrogen-bond donors (Lipinski definition) is 1. The van der Waals surface area contributed by atoms with Crippen LogP contribution in [0, 0.1) is 5.92 Å². The van der Waals surface area contributed by atoms with E-state index in [0.29, 0.717) is 18.1 Å². The van der Waals surface area contributed by atoms with Crippen LogP contribution in [0.1, 0.15) is 43.9 Å². The van der Waals surface area contributed by atoms with Crippen molar-refractivity contribution in [2.24, 2.45) is 5.92 Å². The Morgan fingerprint density at radius 3 is 2.94 bits per heavy atom. The number of carbonyl (C=O) groups excluding carboxylic acids is 1.